The summed E-state index contributed by atoms with van der Waals surface area (Å²) in [4.78, 5) is 2.01. The number of para-hydroxylation sites is 2. The fourth-order valence-corrected chi connectivity index (χ4v) is 8.78. The van der Waals surface area contributed by atoms with E-state index in [-0.39, 0.29) is 5.56 Å². The van der Waals surface area contributed by atoms with E-state index in [1.807, 2.05) is 35.2 Å². The van der Waals surface area contributed by atoms with Gasteiger partial charge in [0.25, 0.3) is 0 Å². The molecule has 1 heterocycles. The number of hydrogen-bond donors (Lipinski definition) is 0. The van der Waals surface area contributed by atoms with E-state index in [0.29, 0.717) is 5.69 Å². The number of rotatable bonds is 6. The quantitative estimate of drug-likeness (QED) is 0.0704. The first-order valence-corrected chi connectivity index (χ1v) is 19.8. The molecule has 0 radical (unpaired) electrons. The van der Waals surface area contributed by atoms with Crippen LogP contribution in [0, 0.1) is 29.1 Å². The van der Waals surface area contributed by atoms with Crippen LogP contribution in [0.3, 0.4) is 0 Å². The molecule has 7 heteroatoms. The van der Waals surface area contributed by atoms with E-state index in [2.05, 4.69) is 138 Å². The second-order valence-electron chi connectivity index (χ2n) is 15.2. The lowest BCUT2D eigenvalue weighted by molar-refractivity contribution is 0.381. The predicted octanol–water partition coefficient (Wildman–Crippen LogP) is 15.7. The third kappa shape index (κ3) is 5.92. The van der Waals surface area contributed by atoms with Crippen LogP contribution in [0.25, 0.3) is 82.1 Å². The maximum atomic E-state index is 14.9. The number of fused-ring (bicyclic) bond motifs is 7. The smallest absolute Gasteiger partial charge is 0.200 e. The highest BCUT2D eigenvalue weighted by Gasteiger charge is 2.27. The first-order chi connectivity index (χ1) is 29.8. The lowest BCUT2D eigenvalue weighted by atomic mass is 9.98. The molecule has 0 amide bonds. The van der Waals surface area contributed by atoms with Crippen molar-refractivity contribution in [3.8, 4) is 27.9 Å². The van der Waals surface area contributed by atoms with Crippen LogP contribution in [0.5, 0.6) is 0 Å². The van der Waals surface area contributed by atoms with Crippen LogP contribution in [0.4, 0.5) is 39.0 Å². The van der Waals surface area contributed by atoms with Gasteiger partial charge in [-0.05, 0) is 122 Å². The number of hydrogen-bond acceptors (Lipinski definition) is 1. The van der Waals surface area contributed by atoms with Gasteiger partial charge in [-0.2, -0.15) is 0 Å². The van der Waals surface area contributed by atoms with Crippen LogP contribution in [0.2, 0.25) is 0 Å². The average Bonchev–Trinajstić information content (AvgIpc) is 3.64. The lowest BCUT2D eigenvalue weighted by Crippen LogP contribution is -2.10. The third-order valence-corrected chi connectivity index (χ3v) is 11.7. The molecule has 11 rings (SSSR count). The molecule has 0 bridgehead atoms. The normalized spacial score (nSPS) is 11.7. The SMILES string of the molecule is Fc1c(F)c(F)c(-c2ccc(N(c3ccc4cc(-c5ccc6c(c5)c5ccccc5n6-c5ccccc5)ccc4c3)c3ccc4c(ccc5ccccc54)c3)cc2)c(F)c1F. The van der Waals surface area contributed by atoms with Crippen LogP contribution in [-0.4, -0.2) is 4.57 Å². The van der Waals surface area contributed by atoms with Crippen molar-refractivity contribution in [1.29, 1.82) is 0 Å². The Kier molecular flexibility index (Phi) is 8.46. The molecule has 0 N–H and O–H groups in total. The zero-order valence-corrected chi connectivity index (χ0v) is 32.2. The molecule has 0 aliphatic rings. The molecule has 2 nitrogen and oxygen atoms in total. The van der Waals surface area contributed by atoms with Gasteiger partial charge in [0, 0.05) is 33.5 Å². The van der Waals surface area contributed by atoms with E-state index in [9.17, 15) is 22.0 Å². The minimum absolute atomic E-state index is 0.143. The highest BCUT2D eigenvalue weighted by atomic mass is 19.2. The summed E-state index contributed by atoms with van der Waals surface area (Å²) in [5, 5.41) is 8.68. The van der Waals surface area contributed by atoms with Gasteiger partial charge in [-0.3, -0.25) is 0 Å². The second-order valence-corrected chi connectivity index (χ2v) is 15.2. The van der Waals surface area contributed by atoms with E-state index in [0.717, 1.165) is 76.9 Å². The zero-order valence-electron chi connectivity index (χ0n) is 32.2. The first kappa shape index (κ1) is 36.3. The van der Waals surface area contributed by atoms with Gasteiger partial charge in [0.05, 0.1) is 16.6 Å². The van der Waals surface area contributed by atoms with Crippen molar-refractivity contribution in [2.45, 2.75) is 0 Å². The lowest BCUT2D eigenvalue weighted by Gasteiger charge is -2.26. The molecule has 0 aliphatic carbocycles. The molecule has 11 aromatic rings. The number of aromatic nitrogens is 1. The Bertz CT molecular complexity index is 3510. The van der Waals surface area contributed by atoms with Crippen LogP contribution >= 0.6 is 0 Å². The molecule has 0 spiro atoms. The van der Waals surface area contributed by atoms with Gasteiger partial charge < -0.3 is 9.47 Å². The van der Waals surface area contributed by atoms with Crippen molar-refractivity contribution >= 4 is 71.2 Å². The molecule has 0 unspecified atom stereocenters. The number of halogens is 5. The molecule has 0 aliphatic heterocycles. The standard InChI is InChI=1S/C54H31F5N2/c55-50-49(51(56)53(58)54(59)52(50)57)33-18-22-40(23-19-33)60(42-25-26-44-38(30-42)17-14-32-8-4-5-11-43(32)44)41-24-20-35-28-34(15-16-36(35)29-41)37-21-27-48-46(31-37)45-12-6-7-13-47(45)61(48)39-9-2-1-3-10-39/h1-31H. The van der Waals surface area contributed by atoms with Crippen LogP contribution in [0.15, 0.2) is 188 Å². The Labute approximate surface area is 346 Å². The van der Waals surface area contributed by atoms with Crippen molar-refractivity contribution in [2.24, 2.45) is 0 Å². The molecule has 292 valence electrons. The summed E-state index contributed by atoms with van der Waals surface area (Å²) in [6.45, 7) is 0. The van der Waals surface area contributed by atoms with Gasteiger partial charge in [-0.1, -0.05) is 115 Å². The van der Waals surface area contributed by atoms with Crippen molar-refractivity contribution in [2.75, 3.05) is 4.90 Å². The van der Waals surface area contributed by atoms with E-state index in [1.54, 1.807) is 12.1 Å². The van der Waals surface area contributed by atoms with Crippen molar-refractivity contribution in [3.63, 3.8) is 0 Å². The summed E-state index contributed by atoms with van der Waals surface area (Å²) in [5.41, 5.74) is 6.65. The van der Waals surface area contributed by atoms with Crippen molar-refractivity contribution < 1.29 is 22.0 Å². The monoisotopic (exact) mass is 802 g/mol. The van der Waals surface area contributed by atoms with Crippen LogP contribution in [-0.2, 0) is 0 Å². The van der Waals surface area contributed by atoms with Gasteiger partial charge in [-0.25, -0.2) is 22.0 Å². The fourth-order valence-electron chi connectivity index (χ4n) is 8.78. The minimum Gasteiger partial charge on any atom is -0.310 e. The second kappa shape index (κ2) is 14.2. The van der Waals surface area contributed by atoms with Crippen molar-refractivity contribution in [3.05, 3.63) is 217 Å². The molecular weight excluding hydrogens is 772 g/mol. The maximum absolute atomic E-state index is 14.9. The Morgan fingerprint density at radius 1 is 0.311 bits per heavy atom. The molecular formula is C54H31F5N2. The molecule has 0 atom stereocenters. The van der Waals surface area contributed by atoms with Gasteiger partial charge in [0.15, 0.2) is 23.3 Å². The molecule has 0 saturated heterocycles. The van der Waals surface area contributed by atoms with Gasteiger partial charge in [0.1, 0.15) is 0 Å². The zero-order chi connectivity index (χ0) is 41.4. The maximum Gasteiger partial charge on any atom is 0.200 e. The summed E-state index contributed by atoms with van der Waals surface area (Å²) < 4.78 is 74.4. The molecule has 10 aromatic carbocycles. The Morgan fingerprint density at radius 3 is 1.61 bits per heavy atom. The van der Waals surface area contributed by atoms with E-state index >= 15 is 0 Å². The summed E-state index contributed by atoms with van der Waals surface area (Å²) in [5.74, 6) is -9.93. The number of benzene rings is 10. The Morgan fingerprint density at radius 2 is 0.820 bits per heavy atom. The number of nitrogens with zero attached hydrogens (tertiary/aromatic N) is 2. The third-order valence-electron chi connectivity index (χ3n) is 11.7. The van der Waals surface area contributed by atoms with Gasteiger partial charge >= 0.3 is 0 Å². The highest BCUT2D eigenvalue weighted by molar-refractivity contribution is 6.11. The van der Waals surface area contributed by atoms with Crippen LogP contribution < -0.4 is 4.90 Å². The Balaban J connectivity index is 1.01. The topological polar surface area (TPSA) is 8.17 Å². The summed E-state index contributed by atoms with van der Waals surface area (Å²) in [6.07, 6.45) is 0. The predicted molar refractivity (Wildman–Crippen MR) is 239 cm³/mol. The largest absolute Gasteiger partial charge is 0.310 e. The van der Waals surface area contributed by atoms with E-state index < -0.39 is 34.6 Å². The van der Waals surface area contributed by atoms with E-state index in [4.69, 9.17) is 0 Å². The van der Waals surface area contributed by atoms with Crippen LogP contribution in [0.1, 0.15) is 0 Å². The average molecular weight is 803 g/mol. The fraction of sp³-hybridized carbons (Fsp3) is 0. The van der Waals surface area contributed by atoms with E-state index in [1.165, 1.54) is 17.5 Å². The molecule has 1 aromatic heterocycles. The first-order valence-electron chi connectivity index (χ1n) is 19.8. The highest BCUT2D eigenvalue weighted by Crippen LogP contribution is 2.41. The molecule has 61 heavy (non-hydrogen) atoms. The number of anilines is 3. The van der Waals surface area contributed by atoms with Gasteiger partial charge in [-0.15, -0.1) is 0 Å². The van der Waals surface area contributed by atoms with Crippen molar-refractivity contribution in [1.82, 2.24) is 4.57 Å². The Hall–Kier alpha value is -7.77. The summed E-state index contributed by atoms with van der Waals surface area (Å²) >= 11 is 0. The van der Waals surface area contributed by atoms with Gasteiger partial charge in [0.2, 0.25) is 5.82 Å². The minimum atomic E-state index is -2.19. The summed E-state index contributed by atoms with van der Waals surface area (Å²) in [7, 11) is 0. The summed E-state index contributed by atoms with van der Waals surface area (Å²) in [6, 6.07) is 62.5. The molecule has 0 fully saturated rings. The molecule has 0 saturated carbocycles.